The van der Waals surface area contributed by atoms with E-state index < -0.39 is 0 Å². The van der Waals surface area contributed by atoms with Crippen LogP contribution in [0, 0.1) is 5.92 Å². The van der Waals surface area contributed by atoms with E-state index in [2.05, 4.69) is 25.7 Å². The van der Waals surface area contributed by atoms with Gasteiger partial charge in [-0.15, -0.1) is 0 Å². The highest BCUT2D eigenvalue weighted by molar-refractivity contribution is 6.04. The summed E-state index contributed by atoms with van der Waals surface area (Å²) in [7, 11) is 1.63. The van der Waals surface area contributed by atoms with Crippen molar-refractivity contribution >= 4 is 17.5 Å². The lowest BCUT2D eigenvalue weighted by atomic mass is 9.95. The third-order valence-corrected chi connectivity index (χ3v) is 7.08. The number of rotatable bonds is 9. The Morgan fingerprint density at radius 1 is 1.08 bits per heavy atom. The molecule has 2 fully saturated rings. The Kier molecular flexibility index (Phi) is 8.30. The molecule has 0 bridgehead atoms. The summed E-state index contributed by atoms with van der Waals surface area (Å²) in [6, 6.07) is 14.6. The maximum atomic E-state index is 13.0. The summed E-state index contributed by atoms with van der Waals surface area (Å²) < 4.78 is 16.2. The monoisotopic (exact) mass is 519 g/mol. The standard InChI is InChI=1S/C28H33N5O5/c1-36-21-10-8-19(9-11-21)26-31-25(38-32-26)18-33-14-12-20(13-15-33)27(34)30-24-7-3-2-6-23(24)28(35)29-17-22-5-4-16-37-22/h2-3,6-11,20,22H,4-5,12-18H2,1H3,(H,29,35)(H,30,34). The van der Waals surface area contributed by atoms with Crippen LogP contribution >= 0.6 is 0 Å². The van der Waals surface area contributed by atoms with Crippen molar-refractivity contribution in [2.24, 2.45) is 5.92 Å². The maximum Gasteiger partial charge on any atom is 0.253 e. The number of nitrogens with zero attached hydrogens (tertiary/aromatic N) is 3. The Morgan fingerprint density at radius 3 is 2.61 bits per heavy atom. The molecule has 2 N–H and O–H groups in total. The number of amides is 2. The van der Waals surface area contributed by atoms with Gasteiger partial charge in [0, 0.05) is 24.6 Å². The van der Waals surface area contributed by atoms with Crippen molar-refractivity contribution in [1.29, 1.82) is 0 Å². The summed E-state index contributed by atoms with van der Waals surface area (Å²) in [5.41, 5.74) is 1.85. The minimum atomic E-state index is -0.209. The number of para-hydroxylation sites is 1. The Balaban J connectivity index is 1.11. The van der Waals surface area contributed by atoms with E-state index in [4.69, 9.17) is 14.0 Å². The van der Waals surface area contributed by atoms with Crippen molar-refractivity contribution in [3.05, 3.63) is 60.0 Å². The lowest BCUT2D eigenvalue weighted by molar-refractivity contribution is -0.121. The number of aromatic nitrogens is 2. The van der Waals surface area contributed by atoms with E-state index in [1.54, 1.807) is 25.3 Å². The second kappa shape index (κ2) is 12.2. The molecular weight excluding hydrogens is 486 g/mol. The topological polar surface area (TPSA) is 119 Å². The summed E-state index contributed by atoms with van der Waals surface area (Å²) in [5.74, 6) is 1.44. The number of likely N-dealkylation sites (tertiary alicyclic amines) is 1. The summed E-state index contributed by atoms with van der Waals surface area (Å²) in [5, 5.41) is 10.0. The van der Waals surface area contributed by atoms with E-state index in [0.717, 1.165) is 43.9 Å². The van der Waals surface area contributed by atoms with Crippen LogP contribution in [0.4, 0.5) is 5.69 Å². The van der Waals surface area contributed by atoms with E-state index in [9.17, 15) is 9.59 Å². The first-order chi connectivity index (χ1) is 18.6. The number of benzene rings is 2. The molecule has 2 aromatic carbocycles. The molecule has 5 rings (SSSR count). The van der Waals surface area contributed by atoms with Gasteiger partial charge in [0.25, 0.3) is 5.91 Å². The Hall–Kier alpha value is -3.76. The molecule has 1 aromatic heterocycles. The SMILES string of the molecule is COc1ccc(-c2noc(CN3CCC(C(=O)Nc4ccccc4C(=O)NCC4CCCO4)CC3)n2)cc1. The molecule has 10 heteroatoms. The second-order valence-corrected chi connectivity index (χ2v) is 9.67. The van der Waals surface area contributed by atoms with Crippen molar-refractivity contribution in [1.82, 2.24) is 20.4 Å². The van der Waals surface area contributed by atoms with Gasteiger partial charge in [0.05, 0.1) is 31.0 Å². The molecule has 2 aliphatic heterocycles. The first-order valence-electron chi connectivity index (χ1n) is 13.1. The number of carbonyl (C=O) groups excluding carboxylic acids is 2. The van der Waals surface area contributed by atoms with Crippen molar-refractivity contribution in [3.63, 3.8) is 0 Å². The van der Waals surface area contributed by atoms with Gasteiger partial charge in [-0.2, -0.15) is 4.98 Å². The molecule has 2 saturated heterocycles. The summed E-state index contributed by atoms with van der Waals surface area (Å²) in [6.45, 7) is 3.22. The Labute approximate surface area is 221 Å². The fraction of sp³-hybridized carbons (Fsp3) is 0.429. The maximum absolute atomic E-state index is 13.0. The van der Waals surface area contributed by atoms with Crippen LogP contribution in [-0.4, -0.2) is 66.3 Å². The molecule has 2 amide bonds. The van der Waals surface area contributed by atoms with Gasteiger partial charge in [-0.3, -0.25) is 14.5 Å². The molecular formula is C28H33N5O5. The van der Waals surface area contributed by atoms with Crippen LogP contribution in [0.3, 0.4) is 0 Å². The number of nitrogens with one attached hydrogen (secondary N) is 2. The zero-order chi connectivity index (χ0) is 26.3. The Bertz CT molecular complexity index is 1230. The molecule has 0 radical (unpaired) electrons. The van der Waals surface area contributed by atoms with Crippen LogP contribution in [0.5, 0.6) is 5.75 Å². The predicted molar refractivity (Wildman–Crippen MR) is 141 cm³/mol. The van der Waals surface area contributed by atoms with Crippen LogP contribution in [0.15, 0.2) is 53.1 Å². The number of piperidine rings is 1. The highest BCUT2D eigenvalue weighted by Crippen LogP contribution is 2.24. The third kappa shape index (κ3) is 6.38. The van der Waals surface area contributed by atoms with Gasteiger partial charge in [0.15, 0.2) is 0 Å². The van der Waals surface area contributed by atoms with E-state index in [0.29, 0.717) is 48.9 Å². The average Bonchev–Trinajstić information content (AvgIpc) is 3.65. The van der Waals surface area contributed by atoms with Crippen LogP contribution in [0.1, 0.15) is 41.9 Å². The largest absolute Gasteiger partial charge is 0.497 e. The van der Waals surface area contributed by atoms with Crippen molar-refractivity contribution < 1.29 is 23.6 Å². The molecule has 2 aliphatic rings. The summed E-state index contributed by atoms with van der Waals surface area (Å²) >= 11 is 0. The van der Waals surface area contributed by atoms with Crippen LogP contribution in [0.2, 0.25) is 0 Å². The van der Waals surface area contributed by atoms with Gasteiger partial charge in [-0.05, 0) is 75.2 Å². The smallest absolute Gasteiger partial charge is 0.253 e. The number of hydrogen-bond donors (Lipinski definition) is 2. The highest BCUT2D eigenvalue weighted by atomic mass is 16.5. The van der Waals surface area contributed by atoms with Crippen molar-refractivity contribution in [3.8, 4) is 17.1 Å². The van der Waals surface area contributed by atoms with Gasteiger partial charge in [0.1, 0.15) is 5.75 Å². The highest BCUT2D eigenvalue weighted by Gasteiger charge is 2.27. The molecule has 3 aromatic rings. The van der Waals surface area contributed by atoms with Gasteiger partial charge in [-0.25, -0.2) is 0 Å². The number of anilines is 1. The molecule has 200 valence electrons. The molecule has 38 heavy (non-hydrogen) atoms. The van der Waals surface area contributed by atoms with Crippen molar-refractivity contribution in [2.45, 2.75) is 38.3 Å². The Morgan fingerprint density at radius 2 is 1.87 bits per heavy atom. The van der Waals surface area contributed by atoms with Gasteiger partial charge in [-0.1, -0.05) is 17.3 Å². The van der Waals surface area contributed by atoms with Crippen LogP contribution in [-0.2, 0) is 16.1 Å². The zero-order valence-corrected chi connectivity index (χ0v) is 21.5. The normalized spacial score (nSPS) is 18.3. The quantitative estimate of drug-likeness (QED) is 0.441. The predicted octanol–water partition coefficient (Wildman–Crippen LogP) is 3.50. The lowest BCUT2D eigenvalue weighted by Gasteiger charge is -2.30. The fourth-order valence-electron chi connectivity index (χ4n) is 4.85. The number of carbonyl (C=O) groups is 2. The van der Waals surface area contributed by atoms with E-state index in [-0.39, 0.29) is 23.8 Å². The number of methoxy groups -OCH3 is 1. The van der Waals surface area contributed by atoms with Gasteiger partial charge >= 0.3 is 0 Å². The van der Waals surface area contributed by atoms with Crippen molar-refractivity contribution in [2.75, 3.05) is 38.7 Å². The van der Waals surface area contributed by atoms with Gasteiger partial charge in [0.2, 0.25) is 17.6 Å². The van der Waals surface area contributed by atoms with E-state index in [1.807, 2.05) is 30.3 Å². The first-order valence-corrected chi connectivity index (χ1v) is 13.1. The fourth-order valence-corrected chi connectivity index (χ4v) is 4.85. The van der Waals surface area contributed by atoms with Crippen LogP contribution < -0.4 is 15.4 Å². The molecule has 0 aliphatic carbocycles. The molecule has 0 spiro atoms. The van der Waals surface area contributed by atoms with E-state index >= 15 is 0 Å². The number of hydrogen-bond acceptors (Lipinski definition) is 8. The average molecular weight is 520 g/mol. The first kappa shape index (κ1) is 25.9. The molecule has 3 heterocycles. The number of ether oxygens (including phenoxy) is 2. The molecule has 1 atom stereocenters. The lowest BCUT2D eigenvalue weighted by Crippen LogP contribution is -2.38. The second-order valence-electron chi connectivity index (χ2n) is 9.67. The van der Waals surface area contributed by atoms with E-state index in [1.165, 1.54) is 0 Å². The third-order valence-electron chi connectivity index (χ3n) is 7.08. The van der Waals surface area contributed by atoms with Gasteiger partial charge < -0.3 is 24.6 Å². The summed E-state index contributed by atoms with van der Waals surface area (Å²) in [6.07, 6.45) is 3.45. The van der Waals surface area contributed by atoms with Crippen LogP contribution in [0.25, 0.3) is 11.4 Å². The molecule has 1 unspecified atom stereocenters. The summed E-state index contributed by atoms with van der Waals surface area (Å²) in [4.78, 5) is 32.5. The zero-order valence-electron chi connectivity index (χ0n) is 21.5. The molecule has 10 nitrogen and oxygen atoms in total. The minimum Gasteiger partial charge on any atom is -0.497 e. The molecule has 0 saturated carbocycles. The minimum absolute atomic E-state index is 0.0621.